The number of nitrogens with one attached hydrogen (secondary N) is 1. The second-order valence-corrected chi connectivity index (χ2v) is 5.83. The third-order valence-corrected chi connectivity index (χ3v) is 4.73. The zero-order chi connectivity index (χ0) is 12.8. The normalized spacial score (nSPS) is 16.7. The van der Waals surface area contributed by atoms with Crippen molar-refractivity contribution in [1.29, 1.82) is 0 Å². The standard InChI is InChI=1S/C8H11N7O2S/c9-8-6(3-10-13-8)18(16,17)15-2-1-14-5-11-12-7(14)4-15/h3,5H,1-2,4H2,(H3,9,10,13). The molecule has 2 aromatic heterocycles. The molecule has 0 spiro atoms. The lowest BCUT2D eigenvalue weighted by molar-refractivity contribution is 0.335. The molecule has 18 heavy (non-hydrogen) atoms. The van der Waals surface area contributed by atoms with E-state index in [1.165, 1.54) is 10.5 Å². The van der Waals surface area contributed by atoms with E-state index in [0.29, 0.717) is 18.9 Å². The Balaban J connectivity index is 1.95. The fourth-order valence-electron chi connectivity index (χ4n) is 1.88. The summed E-state index contributed by atoms with van der Waals surface area (Å²) in [6.07, 6.45) is 2.80. The van der Waals surface area contributed by atoms with Gasteiger partial charge in [0.25, 0.3) is 0 Å². The van der Waals surface area contributed by atoms with Crippen LogP contribution in [0.1, 0.15) is 5.82 Å². The lowest BCUT2D eigenvalue weighted by Crippen LogP contribution is -2.38. The molecule has 1 aliphatic rings. The van der Waals surface area contributed by atoms with E-state index in [1.807, 2.05) is 4.57 Å². The second-order valence-electron chi connectivity index (χ2n) is 3.93. The largest absolute Gasteiger partial charge is 0.383 e. The number of rotatable bonds is 2. The Morgan fingerprint density at radius 2 is 2.22 bits per heavy atom. The molecule has 0 fully saturated rings. The van der Waals surface area contributed by atoms with Crippen LogP contribution in [-0.2, 0) is 23.1 Å². The Morgan fingerprint density at radius 3 is 2.94 bits per heavy atom. The third kappa shape index (κ3) is 1.57. The van der Waals surface area contributed by atoms with E-state index < -0.39 is 10.0 Å². The molecular formula is C8H11N7O2S. The summed E-state index contributed by atoms with van der Waals surface area (Å²) in [4.78, 5) is -0.00420. The maximum absolute atomic E-state index is 12.3. The fourth-order valence-corrected chi connectivity index (χ4v) is 3.27. The average Bonchev–Trinajstić information content (AvgIpc) is 2.95. The van der Waals surface area contributed by atoms with Crippen LogP contribution in [-0.4, -0.2) is 44.2 Å². The van der Waals surface area contributed by atoms with Crippen molar-refractivity contribution < 1.29 is 8.42 Å². The zero-order valence-corrected chi connectivity index (χ0v) is 10.1. The van der Waals surface area contributed by atoms with Crippen LogP contribution in [0.3, 0.4) is 0 Å². The Morgan fingerprint density at radius 1 is 1.39 bits per heavy atom. The summed E-state index contributed by atoms with van der Waals surface area (Å²) >= 11 is 0. The van der Waals surface area contributed by atoms with Gasteiger partial charge < -0.3 is 10.3 Å². The highest BCUT2D eigenvalue weighted by atomic mass is 32.2. The number of H-pyrrole nitrogens is 1. The zero-order valence-electron chi connectivity index (χ0n) is 9.31. The van der Waals surface area contributed by atoms with Crippen molar-refractivity contribution in [3.8, 4) is 0 Å². The molecular weight excluding hydrogens is 258 g/mol. The maximum atomic E-state index is 12.3. The molecule has 3 heterocycles. The van der Waals surface area contributed by atoms with Gasteiger partial charge in [0.05, 0.1) is 12.7 Å². The van der Waals surface area contributed by atoms with Gasteiger partial charge in [-0.3, -0.25) is 5.10 Å². The number of aromatic nitrogens is 5. The van der Waals surface area contributed by atoms with E-state index in [9.17, 15) is 8.42 Å². The van der Waals surface area contributed by atoms with Crippen molar-refractivity contribution in [2.75, 3.05) is 12.3 Å². The highest BCUT2D eigenvalue weighted by Crippen LogP contribution is 2.23. The van der Waals surface area contributed by atoms with Crippen LogP contribution in [0, 0.1) is 0 Å². The number of nitrogen functional groups attached to an aromatic ring is 1. The van der Waals surface area contributed by atoms with Gasteiger partial charge in [-0.05, 0) is 0 Å². The quantitative estimate of drug-likeness (QED) is 0.705. The molecule has 0 radical (unpaired) electrons. The minimum atomic E-state index is -3.64. The highest BCUT2D eigenvalue weighted by molar-refractivity contribution is 7.89. The molecule has 3 rings (SSSR count). The van der Waals surface area contributed by atoms with Gasteiger partial charge in [-0.25, -0.2) is 8.42 Å². The molecule has 10 heteroatoms. The highest BCUT2D eigenvalue weighted by Gasteiger charge is 2.31. The minimum Gasteiger partial charge on any atom is -0.383 e. The molecule has 2 aromatic rings. The lowest BCUT2D eigenvalue weighted by Gasteiger charge is -2.25. The van der Waals surface area contributed by atoms with E-state index in [1.54, 1.807) is 6.33 Å². The molecule has 0 aliphatic carbocycles. The fraction of sp³-hybridized carbons (Fsp3) is 0.375. The molecule has 0 amide bonds. The number of sulfonamides is 1. The first kappa shape index (κ1) is 11.2. The molecule has 1 aliphatic heterocycles. The SMILES string of the molecule is Nc1[nH]ncc1S(=O)(=O)N1CCn2cnnc2C1. The van der Waals surface area contributed by atoms with Gasteiger partial charge in [-0.1, -0.05) is 0 Å². The monoisotopic (exact) mass is 269 g/mol. The van der Waals surface area contributed by atoms with Crippen molar-refractivity contribution in [2.24, 2.45) is 0 Å². The van der Waals surface area contributed by atoms with Crippen LogP contribution in [0.2, 0.25) is 0 Å². The van der Waals surface area contributed by atoms with Gasteiger partial charge in [0, 0.05) is 13.1 Å². The molecule has 0 atom stereocenters. The van der Waals surface area contributed by atoms with Crippen LogP contribution in [0.4, 0.5) is 5.82 Å². The Kier molecular flexibility index (Phi) is 2.35. The van der Waals surface area contributed by atoms with Crippen LogP contribution >= 0.6 is 0 Å². The van der Waals surface area contributed by atoms with Crippen molar-refractivity contribution >= 4 is 15.8 Å². The van der Waals surface area contributed by atoms with Crippen LogP contribution in [0.5, 0.6) is 0 Å². The molecule has 0 bridgehead atoms. The summed E-state index contributed by atoms with van der Waals surface area (Å²) in [6, 6.07) is 0. The van der Waals surface area contributed by atoms with Crippen LogP contribution < -0.4 is 5.73 Å². The summed E-state index contributed by atoms with van der Waals surface area (Å²) in [6.45, 7) is 1.07. The van der Waals surface area contributed by atoms with Crippen molar-refractivity contribution in [1.82, 2.24) is 29.3 Å². The van der Waals surface area contributed by atoms with E-state index in [2.05, 4.69) is 20.4 Å². The van der Waals surface area contributed by atoms with E-state index in [4.69, 9.17) is 5.73 Å². The van der Waals surface area contributed by atoms with E-state index in [-0.39, 0.29) is 17.3 Å². The van der Waals surface area contributed by atoms with Crippen LogP contribution in [0.15, 0.2) is 17.4 Å². The molecule has 0 saturated heterocycles. The first-order valence-electron chi connectivity index (χ1n) is 5.25. The van der Waals surface area contributed by atoms with Gasteiger partial charge in [-0.2, -0.15) is 9.40 Å². The Hall–Kier alpha value is -1.94. The molecule has 0 saturated carbocycles. The second kappa shape index (κ2) is 3.78. The predicted molar refractivity (Wildman–Crippen MR) is 60.6 cm³/mol. The summed E-state index contributed by atoms with van der Waals surface area (Å²) in [5.74, 6) is 0.661. The minimum absolute atomic E-state index is 0.00420. The van der Waals surface area contributed by atoms with Crippen molar-refractivity contribution in [3.63, 3.8) is 0 Å². The maximum Gasteiger partial charge on any atom is 0.248 e. The summed E-state index contributed by atoms with van der Waals surface area (Å²) in [7, 11) is -3.64. The van der Waals surface area contributed by atoms with Gasteiger partial charge >= 0.3 is 0 Å². The number of anilines is 1. The number of nitrogens with two attached hydrogens (primary N) is 1. The summed E-state index contributed by atoms with van der Waals surface area (Å²) < 4.78 is 27.8. The topological polar surface area (TPSA) is 123 Å². The van der Waals surface area contributed by atoms with E-state index in [0.717, 1.165) is 0 Å². The van der Waals surface area contributed by atoms with Gasteiger partial charge in [0.15, 0.2) is 0 Å². The molecule has 0 aromatic carbocycles. The van der Waals surface area contributed by atoms with Crippen molar-refractivity contribution in [2.45, 2.75) is 18.0 Å². The van der Waals surface area contributed by atoms with Gasteiger partial charge in [0.1, 0.15) is 22.9 Å². The molecule has 9 nitrogen and oxygen atoms in total. The third-order valence-electron chi connectivity index (χ3n) is 2.85. The predicted octanol–water partition coefficient (Wildman–Crippen LogP) is -1.21. The number of fused-ring (bicyclic) bond motifs is 1. The van der Waals surface area contributed by atoms with Gasteiger partial charge in [-0.15, -0.1) is 10.2 Å². The van der Waals surface area contributed by atoms with Gasteiger partial charge in [0.2, 0.25) is 10.0 Å². The average molecular weight is 269 g/mol. The first-order valence-corrected chi connectivity index (χ1v) is 6.69. The summed E-state index contributed by atoms with van der Waals surface area (Å²) in [5, 5.41) is 13.7. The Labute approximate surface area is 103 Å². The lowest BCUT2D eigenvalue weighted by atomic mass is 10.4. The number of hydrogen-bond acceptors (Lipinski definition) is 6. The number of nitrogens with zero attached hydrogens (tertiary/aromatic N) is 5. The number of hydrogen-bond donors (Lipinski definition) is 2. The van der Waals surface area contributed by atoms with E-state index >= 15 is 0 Å². The molecule has 0 unspecified atom stereocenters. The smallest absolute Gasteiger partial charge is 0.248 e. The Bertz CT molecular complexity index is 673. The first-order chi connectivity index (χ1) is 8.59. The summed E-state index contributed by atoms with van der Waals surface area (Å²) in [5.41, 5.74) is 5.55. The molecule has 3 N–H and O–H groups in total. The number of aromatic amines is 1. The van der Waals surface area contributed by atoms with Crippen molar-refractivity contribution in [3.05, 3.63) is 18.3 Å². The van der Waals surface area contributed by atoms with Crippen LogP contribution in [0.25, 0.3) is 0 Å². The molecule has 96 valence electrons.